The van der Waals surface area contributed by atoms with Crippen LogP contribution >= 0.6 is 23.5 Å². The molecule has 0 radical (unpaired) electrons. The van der Waals surface area contributed by atoms with Crippen molar-refractivity contribution < 1.29 is 56.3 Å². The Hall–Kier alpha value is -0.0900. The molecule has 0 aromatic carbocycles. The Kier molecular flexibility index (Phi) is 6.17. The van der Waals surface area contributed by atoms with Crippen LogP contribution in [0, 0.1) is 0 Å². The van der Waals surface area contributed by atoms with Gasteiger partial charge in [0.2, 0.25) is 0 Å². The van der Waals surface area contributed by atoms with Crippen molar-refractivity contribution in [1.82, 2.24) is 0 Å². The molecule has 1 aliphatic rings. The Labute approximate surface area is 124 Å². The number of hydrogen-bond acceptors (Lipinski definition) is 8. The summed E-state index contributed by atoms with van der Waals surface area (Å²) in [4.78, 5) is 35.0. The van der Waals surface area contributed by atoms with E-state index in [9.17, 15) is 23.7 Å². The molecule has 15 heteroatoms. The minimum absolute atomic E-state index is 0.198. The van der Waals surface area contributed by atoms with Gasteiger partial charge in [-0.1, -0.05) is 6.58 Å². The minimum atomic E-state index is -5.60. The fourth-order valence-electron chi connectivity index (χ4n) is 1.65. The average molecular weight is 384 g/mol. The summed E-state index contributed by atoms with van der Waals surface area (Å²) < 4.78 is 49.6. The standard InChI is InChI=1S/C7H15O12P3/c1-4-3-6(8)7(16-4)5(2)17-21(12,13)19-22(14,15)18-20(9,10)11/h4,6-8H,2-3H2,1H3,(H,12,13)(H,14,15)(H2,9,10,11)/t4-,6+,7+/m0/s1. The predicted molar refractivity (Wildman–Crippen MR) is 69.0 cm³/mol. The van der Waals surface area contributed by atoms with Crippen LogP contribution in [-0.4, -0.2) is 43.0 Å². The highest BCUT2D eigenvalue weighted by Gasteiger charge is 2.43. The molecule has 0 aliphatic carbocycles. The number of rotatable bonds is 7. The van der Waals surface area contributed by atoms with E-state index in [0.29, 0.717) is 0 Å². The molecule has 0 bridgehead atoms. The fraction of sp³-hybridized carbons (Fsp3) is 0.714. The SMILES string of the molecule is C=C(OP(=O)(O)OP(=O)(O)OP(=O)(O)O)[C@H]1O[C@@H](C)C[C@H]1O. The van der Waals surface area contributed by atoms with Gasteiger partial charge in [-0.25, -0.2) is 13.7 Å². The molecule has 5 atom stereocenters. The number of phosphoric acid groups is 3. The second kappa shape index (κ2) is 6.80. The van der Waals surface area contributed by atoms with Gasteiger partial charge in [0.25, 0.3) is 0 Å². The second-order valence-electron chi connectivity index (χ2n) is 4.32. The number of hydrogen-bond donors (Lipinski definition) is 5. The number of phosphoric ester groups is 1. The zero-order valence-electron chi connectivity index (χ0n) is 11.1. The molecule has 0 aromatic rings. The molecule has 1 rings (SSSR count). The van der Waals surface area contributed by atoms with Crippen molar-refractivity contribution in [2.75, 3.05) is 0 Å². The molecule has 0 saturated carbocycles. The molecule has 1 fully saturated rings. The summed E-state index contributed by atoms with van der Waals surface area (Å²) >= 11 is 0. The van der Waals surface area contributed by atoms with Gasteiger partial charge in [0.05, 0.1) is 12.2 Å². The van der Waals surface area contributed by atoms with Crippen molar-refractivity contribution in [3.63, 3.8) is 0 Å². The summed E-state index contributed by atoms with van der Waals surface area (Å²) in [6.45, 7) is 4.84. The third-order valence-corrected chi connectivity index (χ3v) is 6.06. The van der Waals surface area contributed by atoms with Crippen LogP contribution in [0.25, 0.3) is 0 Å². The zero-order valence-corrected chi connectivity index (χ0v) is 13.8. The first-order chi connectivity index (χ1) is 9.71. The first kappa shape index (κ1) is 20.0. The second-order valence-corrected chi connectivity index (χ2v) is 8.66. The summed E-state index contributed by atoms with van der Waals surface area (Å²) in [6.07, 6.45) is -2.46. The molecule has 12 nitrogen and oxygen atoms in total. The van der Waals surface area contributed by atoms with E-state index < -0.39 is 41.4 Å². The quantitative estimate of drug-likeness (QED) is 0.300. The Balaban J connectivity index is 2.71. The van der Waals surface area contributed by atoms with Crippen LogP contribution in [0.1, 0.15) is 13.3 Å². The van der Waals surface area contributed by atoms with Gasteiger partial charge in [-0.15, -0.1) is 0 Å². The van der Waals surface area contributed by atoms with Crippen LogP contribution < -0.4 is 0 Å². The first-order valence-corrected chi connectivity index (χ1v) is 10.1. The van der Waals surface area contributed by atoms with E-state index in [-0.39, 0.29) is 12.5 Å². The Morgan fingerprint density at radius 3 is 2.09 bits per heavy atom. The van der Waals surface area contributed by atoms with E-state index in [1.54, 1.807) is 6.92 Å². The van der Waals surface area contributed by atoms with Crippen LogP contribution in [0.4, 0.5) is 0 Å². The van der Waals surface area contributed by atoms with Gasteiger partial charge in [-0.3, -0.25) is 4.89 Å². The van der Waals surface area contributed by atoms with E-state index in [0.717, 1.165) is 0 Å². The molecule has 0 amide bonds. The first-order valence-electron chi connectivity index (χ1n) is 5.56. The highest BCUT2D eigenvalue weighted by Crippen LogP contribution is 2.66. The molecule has 1 aliphatic heterocycles. The molecule has 5 N–H and O–H groups in total. The highest BCUT2D eigenvalue weighted by molar-refractivity contribution is 7.66. The van der Waals surface area contributed by atoms with Crippen LogP contribution in [0.15, 0.2) is 12.3 Å². The van der Waals surface area contributed by atoms with Gasteiger partial charge in [-0.05, 0) is 6.92 Å². The summed E-state index contributed by atoms with van der Waals surface area (Å²) in [7, 11) is -16.4. The van der Waals surface area contributed by atoms with Crippen molar-refractivity contribution in [1.29, 1.82) is 0 Å². The molecule has 0 aromatic heterocycles. The average Bonchev–Trinajstić information content (AvgIpc) is 2.50. The monoisotopic (exact) mass is 384 g/mol. The third-order valence-electron chi connectivity index (χ3n) is 2.27. The van der Waals surface area contributed by atoms with Crippen LogP contribution in [0.3, 0.4) is 0 Å². The normalized spacial score (nSPS) is 31.3. The maximum Gasteiger partial charge on any atom is 0.536 e. The molecule has 2 unspecified atom stereocenters. The van der Waals surface area contributed by atoms with E-state index >= 15 is 0 Å². The summed E-state index contributed by atoms with van der Waals surface area (Å²) in [6, 6.07) is 0. The van der Waals surface area contributed by atoms with Gasteiger partial charge in [0, 0.05) is 6.42 Å². The lowest BCUT2D eigenvalue weighted by Gasteiger charge is -2.21. The van der Waals surface area contributed by atoms with Crippen molar-refractivity contribution >= 4 is 23.5 Å². The molecule has 130 valence electrons. The fourth-order valence-corrected chi connectivity index (χ4v) is 4.69. The summed E-state index contributed by atoms with van der Waals surface area (Å²) in [5.41, 5.74) is 0. The predicted octanol–water partition coefficient (Wildman–Crippen LogP) is 0.382. The Bertz CT molecular complexity index is 567. The van der Waals surface area contributed by atoms with Gasteiger partial charge < -0.3 is 29.0 Å². The number of aliphatic hydroxyl groups is 1. The topological polar surface area (TPSA) is 189 Å². The van der Waals surface area contributed by atoms with E-state index in [4.69, 9.17) is 19.4 Å². The lowest BCUT2D eigenvalue weighted by molar-refractivity contribution is 0.0152. The van der Waals surface area contributed by atoms with E-state index in [1.807, 2.05) is 0 Å². The lowest BCUT2D eigenvalue weighted by Crippen LogP contribution is -2.23. The molecule has 1 saturated heterocycles. The largest absolute Gasteiger partial charge is 0.536 e. The number of aliphatic hydroxyl groups excluding tert-OH is 1. The molecular weight excluding hydrogens is 369 g/mol. The maximum atomic E-state index is 11.5. The van der Waals surface area contributed by atoms with E-state index in [1.165, 1.54) is 0 Å². The Morgan fingerprint density at radius 2 is 1.68 bits per heavy atom. The molecule has 0 spiro atoms. The van der Waals surface area contributed by atoms with Gasteiger partial charge in [-0.2, -0.15) is 8.62 Å². The van der Waals surface area contributed by atoms with Crippen LogP contribution in [-0.2, 0) is 31.6 Å². The molecular formula is C7H15O12P3. The smallest absolute Gasteiger partial charge is 0.406 e. The molecule has 22 heavy (non-hydrogen) atoms. The Morgan fingerprint density at radius 1 is 1.14 bits per heavy atom. The third kappa shape index (κ3) is 6.57. The van der Waals surface area contributed by atoms with Crippen LogP contribution in [0.5, 0.6) is 0 Å². The van der Waals surface area contributed by atoms with Crippen LogP contribution in [0.2, 0.25) is 0 Å². The van der Waals surface area contributed by atoms with Gasteiger partial charge in [0.1, 0.15) is 11.9 Å². The zero-order chi connectivity index (χ0) is 17.3. The lowest BCUT2D eigenvalue weighted by atomic mass is 10.1. The van der Waals surface area contributed by atoms with Crippen molar-refractivity contribution in [3.8, 4) is 0 Å². The van der Waals surface area contributed by atoms with Crippen molar-refractivity contribution in [3.05, 3.63) is 12.3 Å². The van der Waals surface area contributed by atoms with Crippen molar-refractivity contribution in [2.24, 2.45) is 0 Å². The minimum Gasteiger partial charge on any atom is -0.406 e. The highest BCUT2D eigenvalue weighted by atomic mass is 31.3. The number of ether oxygens (including phenoxy) is 1. The van der Waals surface area contributed by atoms with Crippen molar-refractivity contribution in [2.45, 2.75) is 31.7 Å². The van der Waals surface area contributed by atoms with Gasteiger partial charge >= 0.3 is 23.5 Å². The summed E-state index contributed by atoms with van der Waals surface area (Å²) in [5.74, 6) is -0.570. The molecule has 1 heterocycles. The maximum absolute atomic E-state index is 11.5. The van der Waals surface area contributed by atoms with Gasteiger partial charge in [0.15, 0.2) is 0 Å². The summed E-state index contributed by atoms with van der Waals surface area (Å²) in [5, 5.41) is 9.60. The van der Waals surface area contributed by atoms with E-state index in [2.05, 4.69) is 19.7 Å².